The predicted octanol–water partition coefficient (Wildman–Crippen LogP) is 1.77. The molecular formula is C8H14N2S. The number of likely N-dealkylation sites (N-methyl/N-ethyl adjacent to an activating group) is 1. The molecule has 1 rings (SSSR count). The van der Waals surface area contributed by atoms with Crippen LogP contribution in [0.2, 0.25) is 0 Å². The lowest BCUT2D eigenvalue weighted by molar-refractivity contribution is 0.674. The topological polar surface area (TPSA) is 24.9 Å². The fraction of sp³-hybridized carbons (Fsp3) is 0.625. The lowest BCUT2D eigenvalue weighted by Crippen LogP contribution is -2.14. The monoisotopic (exact) mass is 170 g/mol. The van der Waals surface area contributed by atoms with Crippen LogP contribution in [0.15, 0.2) is 6.20 Å². The first kappa shape index (κ1) is 8.68. The zero-order chi connectivity index (χ0) is 8.27. The molecule has 1 heterocycles. The predicted molar refractivity (Wildman–Crippen MR) is 49.2 cm³/mol. The first-order valence-corrected chi connectivity index (χ1v) is 4.62. The number of aryl methyl sites for hydroxylation is 1. The van der Waals surface area contributed by atoms with Gasteiger partial charge in [-0.25, -0.2) is 4.98 Å². The molecule has 1 aromatic heterocycles. The molecule has 1 unspecified atom stereocenters. The molecule has 0 aromatic carbocycles. The Morgan fingerprint density at radius 2 is 2.45 bits per heavy atom. The number of thiazole rings is 1. The Balaban J connectivity index is 2.60. The fourth-order valence-corrected chi connectivity index (χ4v) is 1.82. The highest BCUT2D eigenvalue weighted by Crippen LogP contribution is 2.19. The lowest BCUT2D eigenvalue weighted by Gasteiger charge is -2.05. The van der Waals surface area contributed by atoms with Gasteiger partial charge in [-0.3, -0.25) is 0 Å². The van der Waals surface area contributed by atoms with Gasteiger partial charge in [0.1, 0.15) is 0 Å². The number of hydrogen-bond acceptors (Lipinski definition) is 3. The summed E-state index contributed by atoms with van der Waals surface area (Å²) in [6.45, 7) is 5.29. The molecule has 0 aliphatic carbocycles. The highest BCUT2D eigenvalue weighted by atomic mass is 32.1. The third kappa shape index (κ3) is 2.27. The molecule has 11 heavy (non-hydrogen) atoms. The van der Waals surface area contributed by atoms with Gasteiger partial charge in [-0.1, -0.05) is 6.92 Å². The van der Waals surface area contributed by atoms with E-state index < -0.39 is 0 Å². The van der Waals surface area contributed by atoms with Gasteiger partial charge in [0.15, 0.2) is 0 Å². The molecule has 0 saturated heterocycles. The Labute approximate surface area is 71.7 Å². The summed E-state index contributed by atoms with van der Waals surface area (Å²) in [7, 11) is 1.97. The summed E-state index contributed by atoms with van der Waals surface area (Å²) in [5.74, 6) is 0.540. The second-order valence-electron chi connectivity index (χ2n) is 2.77. The maximum Gasteiger partial charge on any atom is 0.0968 e. The number of nitrogens with one attached hydrogen (secondary N) is 1. The number of nitrogens with zero attached hydrogens (tertiary/aromatic N) is 1. The van der Waals surface area contributed by atoms with Crippen molar-refractivity contribution in [1.82, 2.24) is 10.3 Å². The largest absolute Gasteiger partial charge is 0.319 e. The zero-order valence-corrected chi connectivity index (χ0v) is 8.03. The molecule has 0 radical (unpaired) electrons. The van der Waals surface area contributed by atoms with Gasteiger partial charge < -0.3 is 5.32 Å². The quantitative estimate of drug-likeness (QED) is 0.748. The van der Waals surface area contributed by atoms with E-state index in [1.54, 1.807) is 11.3 Å². The molecule has 3 heteroatoms. The molecule has 0 fully saturated rings. The summed E-state index contributed by atoms with van der Waals surface area (Å²) in [4.78, 5) is 5.61. The highest BCUT2D eigenvalue weighted by Gasteiger charge is 2.07. The maximum atomic E-state index is 4.31. The van der Waals surface area contributed by atoms with Gasteiger partial charge in [0.2, 0.25) is 0 Å². The molecule has 1 atom stereocenters. The fourth-order valence-electron chi connectivity index (χ4n) is 0.993. The summed E-state index contributed by atoms with van der Waals surface area (Å²) in [5, 5.41) is 4.38. The van der Waals surface area contributed by atoms with E-state index in [1.807, 2.05) is 13.2 Å². The van der Waals surface area contributed by atoms with Gasteiger partial charge in [0, 0.05) is 23.5 Å². The summed E-state index contributed by atoms with van der Waals surface area (Å²) in [6.07, 6.45) is 1.94. The van der Waals surface area contributed by atoms with Crippen LogP contribution >= 0.6 is 11.3 Å². The van der Waals surface area contributed by atoms with E-state index in [2.05, 4.69) is 24.1 Å². The van der Waals surface area contributed by atoms with Crippen LogP contribution in [0, 0.1) is 6.92 Å². The van der Waals surface area contributed by atoms with Gasteiger partial charge in [0.05, 0.1) is 5.01 Å². The van der Waals surface area contributed by atoms with Gasteiger partial charge >= 0.3 is 0 Å². The van der Waals surface area contributed by atoms with Crippen LogP contribution in [-0.4, -0.2) is 18.6 Å². The third-order valence-corrected chi connectivity index (χ3v) is 2.72. The van der Waals surface area contributed by atoms with Crippen molar-refractivity contribution >= 4 is 11.3 Å². The SMILES string of the molecule is CNCC(C)c1ncc(C)s1. The summed E-state index contributed by atoms with van der Waals surface area (Å²) in [6, 6.07) is 0. The van der Waals surface area contributed by atoms with Crippen molar-refractivity contribution in [3.8, 4) is 0 Å². The summed E-state index contributed by atoms with van der Waals surface area (Å²) < 4.78 is 0. The van der Waals surface area contributed by atoms with Crippen molar-refractivity contribution in [2.45, 2.75) is 19.8 Å². The highest BCUT2D eigenvalue weighted by molar-refractivity contribution is 7.11. The minimum absolute atomic E-state index is 0.540. The van der Waals surface area contributed by atoms with E-state index in [4.69, 9.17) is 0 Å². The lowest BCUT2D eigenvalue weighted by atomic mass is 10.2. The molecule has 1 aromatic rings. The molecule has 0 aliphatic heterocycles. The van der Waals surface area contributed by atoms with Crippen molar-refractivity contribution in [1.29, 1.82) is 0 Å². The number of rotatable bonds is 3. The molecule has 2 nitrogen and oxygen atoms in total. The molecule has 0 aliphatic rings. The average Bonchev–Trinajstić information content (AvgIpc) is 2.36. The zero-order valence-electron chi connectivity index (χ0n) is 7.22. The van der Waals surface area contributed by atoms with Gasteiger partial charge in [-0.05, 0) is 14.0 Å². The van der Waals surface area contributed by atoms with Gasteiger partial charge in [-0.2, -0.15) is 0 Å². The van der Waals surface area contributed by atoms with Crippen molar-refractivity contribution in [3.05, 3.63) is 16.1 Å². The number of hydrogen-bond donors (Lipinski definition) is 1. The molecule has 62 valence electrons. The van der Waals surface area contributed by atoms with E-state index in [9.17, 15) is 0 Å². The third-order valence-electron chi connectivity index (χ3n) is 1.57. The van der Waals surface area contributed by atoms with Crippen LogP contribution < -0.4 is 5.32 Å². The molecular weight excluding hydrogens is 156 g/mol. The van der Waals surface area contributed by atoms with Gasteiger partial charge in [0.25, 0.3) is 0 Å². The normalized spacial score (nSPS) is 13.4. The van der Waals surface area contributed by atoms with E-state index in [0.29, 0.717) is 5.92 Å². The van der Waals surface area contributed by atoms with Crippen LogP contribution in [0.1, 0.15) is 22.7 Å². The average molecular weight is 170 g/mol. The van der Waals surface area contributed by atoms with Gasteiger partial charge in [-0.15, -0.1) is 11.3 Å². The molecule has 0 spiro atoms. The second-order valence-corrected chi connectivity index (χ2v) is 4.03. The minimum Gasteiger partial charge on any atom is -0.319 e. The first-order valence-electron chi connectivity index (χ1n) is 3.81. The second kappa shape index (κ2) is 3.83. The standard InChI is InChI=1S/C8H14N2S/c1-6(4-9-3)8-10-5-7(2)11-8/h5-6,9H,4H2,1-3H3. The Bertz CT molecular complexity index is 220. The van der Waals surface area contributed by atoms with E-state index in [-0.39, 0.29) is 0 Å². The van der Waals surface area contributed by atoms with E-state index in [0.717, 1.165) is 6.54 Å². The minimum atomic E-state index is 0.540. The van der Waals surface area contributed by atoms with Crippen LogP contribution in [0.3, 0.4) is 0 Å². The van der Waals surface area contributed by atoms with E-state index >= 15 is 0 Å². The molecule has 1 N–H and O–H groups in total. The van der Waals surface area contributed by atoms with Crippen molar-refractivity contribution in [2.75, 3.05) is 13.6 Å². The Morgan fingerprint density at radius 1 is 1.73 bits per heavy atom. The van der Waals surface area contributed by atoms with Crippen LogP contribution in [-0.2, 0) is 0 Å². The Kier molecular flexibility index (Phi) is 3.02. The van der Waals surface area contributed by atoms with Crippen LogP contribution in [0.25, 0.3) is 0 Å². The first-order chi connectivity index (χ1) is 5.24. The van der Waals surface area contributed by atoms with Crippen molar-refractivity contribution in [2.24, 2.45) is 0 Å². The maximum absolute atomic E-state index is 4.31. The van der Waals surface area contributed by atoms with Crippen LogP contribution in [0.4, 0.5) is 0 Å². The van der Waals surface area contributed by atoms with Crippen molar-refractivity contribution < 1.29 is 0 Å². The van der Waals surface area contributed by atoms with Crippen molar-refractivity contribution in [3.63, 3.8) is 0 Å². The number of aromatic nitrogens is 1. The summed E-state index contributed by atoms with van der Waals surface area (Å²) >= 11 is 1.78. The Hall–Kier alpha value is -0.410. The summed E-state index contributed by atoms with van der Waals surface area (Å²) in [5.41, 5.74) is 0. The molecule has 0 amide bonds. The van der Waals surface area contributed by atoms with Crippen LogP contribution in [0.5, 0.6) is 0 Å². The van der Waals surface area contributed by atoms with E-state index in [1.165, 1.54) is 9.88 Å². The molecule has 0 bridgehead atoms. The smallest absolute Gasteiger partial charge is 0.0968 e. The molecule has 0 saturated carbocycles. The Morgan fingerprint density at radius 3 is 2.91 bits per heavy atom.